The van der Waals surface area contributed by atoms with Gasteiger partial charge in [0.15, 0.2) is 20.5 Å². The number of nitrogens with zero attached hydrogens (tertiary/aromatic N) is 8. The van der Waals surface area contributed by atoms with E-state index in [9.17, 15) is 34.8 Å². The molecule has 2 aromatic carbocycles. The zero-order valence-electron chi connectivity index (χ0n) is 55.7. The lowest BCUT2D eigenvalue weighted by Gasteiger charge is -2.21. The molecule has 4 aromatic heterocycles. The molecule has 38 heteroatoms. The third-order valence-corrected chi connectivity index (χ3v) is 20.0. The Morgan fingerprint density at radius 1 is 0.636 bits per heavy atom. The number of benzene rings is 2. The van der Waals surface area contributed by atoms with Gasteiger partial charge in [0.1, 0.15) is 0 Å². The zero-order valence-corrected chi connectivity index (χ0v) is 60.5. The number of carbonyl (C=O) groups excluding carboxylic acids is 2. The number of carbonyl (C=O) groups is 2. The summed E-state index contributed by atoms with van der Waals surface area (Å²) in [4.78, 5) is 22.6. The number of rotatable bonds is 7. The highest BCUT2D eigenvalue weighted by atomic mass is 35.7. The molecule has 9 aliphatic rings. The van der Waals surface area contributed by atoms with E-state index in [0.717, 1.165) is 80.1 Å². The first-order valence-electron chi connectivity index (χ1n) is 31.7. The molecule has 15 N–H and O–H groups in total. The van der Waals surface area contributed by atoms with Crippen molar-refractivity contribution in [2.24, 2.45) is 34.7 Å². The van der Waals surface area contributed by atoms with Gasteiger partial charge in [-0.25, -0.2) is 58.6 Å². The molecular weight excluding hydrogens is 1420 g/mol. The lowest BCUT2D eigenvalue weighted by molar-refractivity contribution is -0.113. The summed E-state index contributed by atoms with van der Waals surface area (Å²) in [6.07, 6.45) is 22.2. The van der Waals surface area contributed by atoms with Crippen molar-refractivity contribution >= 4 is 83.0 Å². The minimum absolute atomic E-state index is 0. The Morgan fingerprint density at radius 3 is 1.42 bits per heavy atom. The number of nitrogens with two attached hydrogens (primary N) is 2. The van der Waals surface area contributed by atoms with Gasteiger partial charge in [0, 0.05) is 87.8 Å². The van der Waals surface area contributed by atoms with Crippen LogP contribution < -0.4 is 51.3 Å². The van der Waals surface area contributed by atoms with Crippen molar-refractivity contribution in [3.05, 3.63) is 99.8 Å². The molecule has 0 spiro atoms. The van der Waals surface area contributed by atoms with Crippen LogP contribution in [0.3, 0.4) is 0 Å². The normalized spacial score (nSPS) is 19.0. The van der Waals surface area contributed by atoms with Gasteiger partial charge >= 0.3 is 15.4 Å². The van der Waals surface area contributed by atoms with E-state index in [1.165, 1.54) is 111 Å². The van der Waals surface area contributed by atoms with Gasteiger partial charge in [0.05, 0.1) is 83.9 Å². The second kappa shape index (κ2) is 35.5. The summed E-state index contributed by atoms with van der Waals surface area (Å²) in [6.45, 7) is 15.7. The number of aliphatic hydroxyl groups excluding tert-OH is 2. The molecule has 0 bridgehead atoms. The van der Waals surface area contributed by atoms with E-state index in [1.54, 1.807) is 19.3 Å². The minimum Gasteiger partial charge on any atom is -0.477 e. The Labute approximate surface area is 585 Å². The molecule has 4 aliphatic carbocycles. The maximum Gasteiger partial charge on any atom is 0.353 e. The Bertz CT molecular complexity index is 4120. The quantitative estimate of drug-likeness (QED) is 0.0599. The topological polar surface area (TPSA) is 494 Å². The summed E-state index contributed by atoms with van der Waals surface area (Å²) in [5.41, 5.74) is 19.0. The molecule has 0 fully saturated rings. The summed E-state index contributed by atoms with van der Waals surface area (Å²) in [5, 5.41) is 42.9. The molecule has 4 atom stereocenters. The van der Waals surface area contributed by atoms with E-state index in [2.05, 4.69) is 65.5 Å². The van der Waals surface area contributed by atoms with Gasteiger partial charge < -0.3 is 57.2 Å². The van der Waals surface area contributed by atoms with E-state index in [-0.39, 0.29) is 74.8 Å². The first-order chi connectivity index (χ1) is 45.8. The number of urea groups is 1. The molecule has 0 radical (unpaired) electrons. The number of anilines is 2. The first kappa shape index (κ1) is 80.9. The average Bonchev–Trinajstić information content (AvgIpc) is 1.68. The monoisotopic (exact) mass is 1500 g/mol. The molecule has 15 rings (SSSR count). The van der Waals surface area contributed by atoms with Crippen LogP contribution in [0.4, 0.5) is 16.2 Å². The van der Waals surface area contributed by atoms with E-state index in [1.807, 2.05) is 31.5 Å². The Hall–Kier alpha value is -7.10. The van der Waals surface area contributed by atoms with Crippen molar-refractivity contribution in [3.63, 3.8) is 0 Å². The molecule has 0 saturated carbocycles. The van der Waals surface area contributed by atoms with Gasteiger partial charge in [-0.05, 0) is 128 Å². The molecule has 550 valence electrons. The number of nitrogens with one attached hydrogen (secondary N) is 3. The van der Waals surface area contributed by atoms with Gasteiger partial charge in [-0.1, -0.05) is 46.8 Å². The third kappa shape index (κ3) is 22.2. The van der Waals surface area contributed by atoms with Crippen molar-refractivity contribution < 1.29 is 82.4 Å². The highest BCUT2D eigenvalue weighted by Gasteiger charge is 2.33. The number of hydrogen-bond acceptors (Lipinski definition) is 23. The second-order valence-corrected chi connectivity index (χ2v) is 32.8. The van der Waals surface area contributed by atoms with Crippen LogP contribution in [0.15, 0.2) is 69.9 Å². The van der Waals surface area contributed by atoms with Crippen molar-refractivity contribution in [3.8, 4) is 23.5 Å². The smallest absolute Gasteiger partial charge is 0.353 e. The van der Waals surface area contributed by atoms with E-state index in [4.69, 9.17) is 63.7 Å². The fraction of sp³-hybridized carbons (Fsp3) is 0.541. The van der Waals surface area contributed by atoms with Crippen LogP contribution in [0.5, 0.6) is 23.5 Å². The molecular formula is C61H90Cl2N14O18S4. The summed E-state index contributed by atoms with van der Waals surface area (Å²) in [6, 6.07) is 5.83. The SMILES string of the molecule is CC(CO)CO.CC1COc2c(S(=O)(=O)Cl)cnn2C1.CC1COc2c(S(=O)(=O)NC(=O)Nc3c4c(cc5c3CCC5)CCC4)cnn2C1.CC1COc2c(S(N)(=O)=O)cnn2C1.CC1COc2ccnn2C1.N.Nc1c2c(cc3c1CCC3)CCC2.O.O=C1C=CNC1.O=S(=O)(O)Cl. The molecule has 9 heterocycles. The van der Waals surface area contributed by atoms with Crippen molar-refractivity contribution in [1.82, 2.24) is 55.3 Å². The van der Waals surface area contributed by atoms with Crippen LogP contribution in [-0.2, 0) is 121 Å². The molecule has 4 unspecified atom stereocenters. The number of ether oxygens (including phenoxy) is 4. The third-order valence-electron chi connectivity index (χ3n) is 16.5. The van der Waals surface area contributed by atoms with Crippen LogP contribution in [0, 0.1) is 29.6 Å². The number of aromatic nitrogens is 8. The maximum absolute atomic E-state index is 12.8. The summed E-state index contributed by atoms with van der Waals surface area (Å²) in [5.74, 6) is 3.29. The van der Waals surface area contributed by atoms with Gasteiger partial charge in [0.2, 0.25) is 33.5 Å². The summed E-state index contributed by atoms with van der Waals surface area (Å²) >= 11 is 0. The Balaban J connectivity index is 0.000000191. The first-order valence-corrected chi connectivity index (χ1v) is 39.3. The molecule has 5 aliphatic heterocycles. The van der Waals surface area contributed by atoms with Crippen LogP contribution in [-0.4, -0.2) is 151 Å². The number of ketones is 1. The molecule has 0 saturated heterocycles. The highest BCUT2D eigenvalue weighted by molar-refractivity contribution is 8.13. The number of aryl methyl sites for hydroxylation is 4. The lowest BCUT2D eigenvalue weighted by Crippen LogP contribution is -2.35. The van der Waals surface area contributed by atoms with Crippen molar-refractivity contribution in [1.29, 1.82) is 0 Å². The molecule has 99 heavy (non-hydrogen) atoms. The summed E-state index contributed by atoms with van der Waals surface area (Å²) in [7, 11) is -6.50. The number of aliphatic hydroxyl groups is 2. The Morgan fingerprint density at radius 2 is 1.03 bits per heavy atom. The van der Waals surface area contributed by atoms with E-state index < -0.39 is 44.5 Å². The number of amides is 2. The average molecular weight is 1510 g/mol. The number of hydrogen-bond donors (Lipinski definition) is 9. The van der Waals surface area contributed by atoms with Crippen LogP contribution in [0.2, 0.25) is 0 Å². The molecule has 32 nitrogen and oxygen atoms in total. The summed E-state index contributed by atoms with van der Waals surface area (Å²) < 4.78 is 125. The predicted octanol–water partition coefficient (Wildman–Crippen LogP) is 4.60. The number of halogens is 2. The van der Waals surface area contributed by atoms with Gasteiger partial charge in [0.25, 0.3) is 19.1 Å². The lowest BCUT2D eigenvalue weighted by atomic mass is 9.99. The fourth-order valence-corrected chi connectivity index (χ4v) is 14.3. The zero-order chi connectivity index (χ0) is 70.6. The van der Waals surface area contributed by atoms with Crippen molar-refractivity contribution in [2.75, 3.05) is 57.2 Å². The highest BCUT2D eigenvalue weighted by Crippen LogP contribution is 2.40. The number of fused-ring (bicyclic) bond motifs is 8. The van der Waals surface area contributed by atoms with E-state index in [0.29, 0.717) is 63.8 Å². The van der Waals surface area contributed by atoms with Gasteiger partial charge in [-0.2, -0.15) is 28.8 Å². The number of primary sulfonamides is 1. The van der Waals surface area contributed by atoms with Crippen molar-refractivity contribution in [2.45, 2.75) is 153 Å². The fourth-order valence-electron chi connectivity index (χ4n) is 11.9. The number of sulfonamides is 2. The standard InChI is InChI=1S/C20H24N4O4S.C12H15N.C7H9ClN2O3S.C7H11N3O3S.C7H10N2O.C4H5NO.C4H10O2.ClHO3S.H3N.H2O/c1-12-10-24-19(28-11-12)17(9-21-24)29(26,27)23-20(25)22-18-15-6-2-4-13(15)8-14-5-3-7-16(14)18;13-12-10-5-1-3-8(10)7-9-4-2-6-11(9)12;2*1-5-3-10-7(13-4-5)6(2-9-10)14(8,11)12;1-6-4-9-7(10-5-6)2-3-8-9;6-4-1-2-5-3-4;1-4(2-5)3-6;1-5(2,3)4;;/h8-9,12H,2-7,10-11H2,1H3,(H2,22,23,25);7H,1-6,13H2;2,5H,3-4H2,1H3;2,5H,3-4H2,1H3,(H2,8,11,12);2-3,6H,4-5H2,1H3;1-2,5H,3H2;4-6H,2-3H2,1H3;(H,2,3,4);1H3;1H2. The molecule has 6 aromatic rings. The minimum atomic E-state index is -4.19. The van der Waals surface area contributed by atoms with Crippen LogP contribution >= 0.6 is 21.4 Å². The maximum atomic E-state index is 12.8. The predicted molar refractivity (Wildman–Crippen MR) is 368 cm³/mol. The number of nitrogen functional groups attached to an aromatic ring is 1. The van der Waals surface area contributed by atoms with E-state index >= 15 is 0 Å². The van der Waals surface area contributed by atoms with Gasteiger partial charge in [-0.3, -0.25) is 9.35 Å². The second-order valence-electron chi connectivity index (χ2n) is 25.1. The van der Waals surface area contributed by atoms with Crippen LogP contribution in [0.1, 0.15) is 105 Å². The Kier molecular flexibility index (Phi) is 29.0. The molecule has 2 amide bonds. The van der Waals surface area contributed by atoms with Gasteiger partial charge in [-0.15, -0.1) is 0 Å². The van der Waals surface area contributed by atoms with Crippen LogP contribution in [0.25, 0.3) is 0 Å². The largest absolute Gasteiger partial charge is 0.477 e.